The smallest absolute Gasteiger partial charge is 0.256 e. The van der Waals surface area contributed by atoms with Gasteiger partial charge in [0, 0.05) is 32.6 Å². The molecular weight excluding hydrogens is 600 g/mol. The van der Waals surface area contributed by atoms with E-state index in [4.69, 9.17) is 4.74 Å². The molecule has 3 aromatic carbocycles. The maximum atomic E-state index is 13.1. The van der Waals surface area contributed by atoms with Crippen LogP contribution in [0.2, 0.25) is 0 Å². The van der Waals surface area contributed by atoms with Gasteiger partial charge in [0.05, 0.1) is 24.9 Å². The van der Waals surface area contributed by atoms with E-state index in [0.717, 1.165) is 33.1 Å². The first-order valence-corrected chi connectivity index (χ1v) is 14.8. The van der Waals surface area contributed by atoms with Gasteiger partial charge in [-0.3, -0.25) is 4.79 Å². The van der Waals surface area contributed by atoms with Crippen molar-refractivity contribution in [1.82, 2.24) is 25.2 Å². The third-order valence-electron chi connectivity index (χ3n) is 6.89. The second-order valence-electron chi connectivity index (χ2n) is 9.68. The van der Waals surface area contributed by atoms with E-state index < -0.39 is 0 Å². The van der Waals surface area contributed by atoms with Crippen LogP contribution in [0.1, 0.15) is 57.4 Å². The summed E-state index contributed by atoms with van der Waals surface area (Å²) in [6.45, 7) is 0.480. The Kier molecular flexibility index (Phi) is 7.89. The van der Waals surface area contributed by atoms with Gasteiger partial charge < -0.3 is 10.1 Å². The molecule has 0 spiro atoms. The molecule has 10 heteroatoms. The Morgan fingerprint density at radius 3 is 2.73 bits per heavy atom. The Bertz CT molecular complexity index is 1770. The minimum absolute atomic E-state index is 0.241. The van der Waals surface area contributed by atoms with Crippen LogP contribution in [0.4, 0.5) is 5.69 Å². The van der Waals surface area contributed by atoms with E-state index in [2.05, 4.69) is 58.9 Å². The number of amides is 1. The van der Waals surface area contributed by atoms with Crippen LogP contribution in [0.3, 0.4) is 0 Å². The molecule has 0 unspecified atom stereocenters. The number of tetrazole rings is 1. The number of ether oxygens (including phenoxy) is 1. The lowest BCUT2D eigenvalue weighted by Gasteiger charge is -2.22. The maximum Gasteiger partial charge on any atom is 0.256 e. The van der Waals surface area contributed by atoms with Crippen molar-refractivity contribution < 1.29 is 9.53 Å². The Hall–Kier alpha value is -4.33. The topological polar surface area (TPSA) is 94.8 Å². The molecule has 204 valence electrons. The highest BCUT2D eigenvalue weighted by Crippen LogP contribution is 2.36. The predicted molar refractivity (Wildman–Crippen MR) is 162 cm³/mol. The second-order valence-corrected chi connectivity index (χ2v) is 11.4. The number of rotatable bonds is 7. The fourth-order valence-corrected chi connectivity index (χ4v) is 5.70. The van der Waals surface area contributed by atoms with Crippen molar-refractivity contribution >= 4 is 38.9 Å². The van der Waals surface area contributed by atoms with Crippen LogP contribution in [-0.2, 0) is 6.54 Å². The van der Waals surface area contributed by atoms with Crippen LogP contribution >= 0.6 is 27.3 Å². The summed E-state index contributed by atoms with van der Waals surface area (Å²) in [5, 5.41) is 18.7. The fourth-order valence-electron chi connectivity index (χ4n) is 4.39. The zero-order valence-electron chi connectivity index (χ0n) is 22.2. The number of nitrogens with one attached hydrogen (secondary N) is 1. The highest BCUT2D eigenvalue weighted by atomic mass is 79.9. The summed E-state index contributed by atoms with van der Waals surface area (Å²) < 4.78 is 5.83. The van der Waals surface area contributed by atoms with Gasteiger partial charge in [0.1, 0.15) is 5.75 Å². The molecule has 0 radical (unpaired) electrons. The van der Waals surface area contributed by atoms with Gasteiger partial charge in [-0.2, -0.15) is 4.80 Å². The number of nitrogens with zero attached hydrogens (tertiary/aromatic N) is 5. The second kappa shape index (κ2) is 12.0. The van der Waals surface area contributed by atoms with Gasteiger partial charge in [-0.1, -0.05) is 36.6 Å². The van der Waals surface area contributed by atoms with E-state index in [1.807, 2.05) is 60.7 Å². The van der Waals surface area contributed by atoms with Gasteiger partial charge in [-0.25, -0.2) is 4.98 Å². The van der Waals surface area contributed by atoms with Gasteiger partial charge >= 0.3 is 0 Å². The van der Waals surface area contributed by atoms with Crippen molar-refractivity contribution in [1.29, 1.82) is 0 Å². The average molecular weight is 626 g/mol. The predicted octanol–water partition coefficient (Wildman–Crippen LogP) is 6.54. The van der Waals surface area contributed by atoms with Crippen LogP contribution in [-0.4, -0.2) is 38.2 Å². The Morgan fingerprint density at radius 1 is 1.12 bits per heavy atom. The lowest BCUT2D eigenvalue weighted by atomic mass is 9.83. The molecule has 0 atom stereocenters. The molecule has 0 saturated heterocycles. The van der Waals surface area contributed by atoms with Crippen molar-refractivity contribution in [2.75, 3.05) is 12.4 Å². The summed E-state index contributed by atoms with van der Waals surface area (Å²) in [5.41, 5.74) is 4.89. The summed E-state index contributed by atoms with van der Waals surface area (Å²) in [6, 6.07) is 20.6. The number of methoxy groups -OCH3 is 1. The van der Waals surface area contributed by atoms with Gasteiger partial charge in [0.25, 0.3) is 5.91 Å². The quantitative estimate of drug-likeness (QED) is 0.207. The first-order valence-electron chi connectivity index (χ1n) is 13.1. The lowest BCUT2D eigenvalue weighted by molar-refractivity contribution is 0.102. The Balaban J connectivity index is 1.10. The number of carbonyl (C=O) groups excluding carboxylic acids is 1. The van der Waals surface area contributed by atoms with E-state index in [-0.39, 0.29) is 5.91 Å². The first-order chi connectivity index (χ1) is 20.0. The highest BCUT2D eigenvalue weighted by molar-refractivity contribution is 9.10. The van der Waals surface area contributed by atoms with Crippen LogP contribution in [0.25, 0.3) is 11.4 Å². The molecule has 0 bridgehead atoms. The van der Waals surface area contributed by atoms with Gasteiger partial charge in [-0.05, 0) is 87.9 Å². The molecule has 41 heavy (non-hydrogen) atoms. The summed E-state index contributed by atoms with van der Waals surface area (Å²) in [6.07, 6.45) is 3.73. The minimum Gasteiger partial charge on any atom is -0.497 e. The number of thiazole rings is 1. The van der Waals surface area contributed by atoms with Crippen LogP contribution < -0.4 is 10.1 Å². The third-order valence-corrected chi connectivity index (χ3v) is 8.32. The van der Waals surface area contributed by atoms with Crippen molar-refractivity contribution in [2.45, 2.75) is 31.7 Å². The molecule has 1 saturated carbocycles. The Labute approximate surface area is 249 Å². The normalized spacial score (nSPS) is 12.7. The number of aromatic nitrogens is 5. The highest BCUT2D eigenvalue weighted by Gasteiger charge is 2.21. The van der Waals surface area contributed by atoms with E-state index in [0.29, 0.717) is 34.0 Å². The fraction of sp³-hybridized carbons (Fsp3) is 0.194. The minimum atomic E-state index is -0.241. The molecular formula is C31H25BrN6O2S. The first kappa shape index (κ1) is 26.9. The van der Waals surface area contributed by atoms with Gasteiger partial charge in [0.2, 0.25) is 5.82 Å². The number of hydrogen-bond acceptors (Lipinski definition) is 7. The molecule has 1 amide bonds. The molecule has 2 aromatic heterocycles. The molecule has 0 aliphatic heterocycles. The summed E-state index contributed by atoms with van der Waals surface area (Å²) in [5.74, 6) is 7.95. The molecule has 1 fully saturated rings. The SMILES string of the molecule is COc1ccc(Cn2nnc(-c3ccc(C(=O)Nc4cccc(C#Cc5nc(C6CCC6)cs5)c4)c(Br)c3)n2)cc1. The molecule has 5 aromatic rings. The number of benzene rings is 3. The zero-order valence-corrected chi connectivity index (χ0v) is 24.6. The summed E-state index contributed by atoms with van der Waals surface area (Å²) in [7, 11) is 1.64. The number of carbonyl (C=O) groups is 1. The van der Waals surface area contributed by atoms with E-state index in [9.17, 15) is 4.79 Å². The van der Waals surface area contributed by atoms with Crippen molar-refractivity contribution in [3.05, 3.63) is 104 Å². The molecule has 1 N–H and O–H groups in total. The average Bonchev–Trinajstić information content (AvgIpc) is 3.61. The van der Waals surface area contributed by atoms with Gasteiger partial charge in [0.15, 0.2) is 5.01 Å². The largest absolute Gasteiger partial charge is 0.497 e. The standard InChI is InChI=1S/C31H25BrN6O2S/c1-40-25-12-8-21(9-13-25)18-38-36-30(35-37-38)23-11-14-26(27(32)17-23)31(39)33-24-7-2-4-20(16-24)10-15-29-34-28(19-41-29)22-5-3-6-22/h2,4,7-9,11-14,16-17,19,22H,3,5-6,18H2,1H3,(H,33,39). The molecule has 1 aliphatic rings. The molecule has 1 aliphatic carbocycles. The number of hydrogen-bond donors (Lipinski definition) is 1. The molecule has 2 heterocycles. The third kappa shape index (κ3) is 6.37. The van der Waals surface area contributed by atoms with Crippen molar-refractivity contribution in [3.8, 4) is 29.0 Å². The number of halogens is 1. The number of anilines is 1. The summed E-state index contributed by atoms with van der Waals surface area (Å²) >= 11 is 5.12. The van der Waals surface area contributed by atoms with Crippen LogP contribution in [0, 0.1) is 11.8 Å². The Morgan fingerprint density at radius 2 is 1.98 bits per heavy atom. The van der Waals surface area contributed by atoms with Crippen molar-refractivity contribution in [3.63, 3.8) is 0 Å². The van der Waals surface area contributed by atoms with E-state index in [1.165, 1.54) is 24.1 Å². The zero-order chi connectivity index (χ0) is 28.2. The van der Waals surface area contributed by atoms with Crippen molar-refractivity contribution in [2.24, 2.45) is 0 Å². The molecule has 6 rings (SSSR count). The van der Waals surface area contributed by atoms with Gasteiger partial charge in [-0.15, -0.1) is 21.5 Å². The van der Waals surface area contributed by atoms with E-state index in [1.54, 1.807) is 24.5 Å². The summed E-state index contributed by atoms with van der Waals surface area (Å²) in [4.78, 5) is 19.3. The molecule has 8 nitrogen and oxygen atoms in total. The maximum absolute atomic E-state index is 13.1. The monoisotopic (exact) mass is 624 g/mol. The van der Waals surface area contributed by atoms with Crippen LogP contribution in [0.5, 0.6) is 5.75 Å². The van der Waals surface area contributed by atoms with Crippen LogP contribution in [0.15, 0.2) is 76.6 Å². The lowest BCUT2D eigenvalue weighted by Crippen LogP contribution is -2.12. The van der Waals surface area contributed by atoms with E-state index >= 15 is 0 Å².